The number of amides is 1. The van der Waals surface area contributed by atoms with Gasteiger partial charge in [0.25, 0.3) is 0 Å². The smallest absolute Gasteiger partial charge is 0.410 e. The summed E-state index contributed by atoms with van der Waals surface area (Å²) in [7, 11) is 0. The lowest BCUT2D eigenvalue weighted by molar-refractivity contribution is -0.0441. The molecule has 138 valence electrons. The van der Waals surface area contributed by atoms with E-state index in [9.17, 15) is 4.79 Å². The third-order valence-electron chi connectivity index (χ3n) is 4.28. The fraction of sp³-hybridized carbons (Fsp3) is 0.632. The van der Waals surface area contributed by atoms with Gasteiger partial charge < -0.3 is 24.4 Å². The number of ether oxygens (including phenoxy) is 3. The van der Waals surface area contributed by atoms with Gasteiger partial charge in [0.1, 0.15) is 5.60 Å². The summed E-state index contributed by atoms with van der Waals surface area (Å²) in [5, 5.41) is 3.53. The van der Waals surface area contributed by atoms with Crippen LogP contribution >= 0.6 is 0 Å². The first-order valence-corrected chi connectivity index (χ1v) is 8.94. The lowest BCUT2D eigenvalue weighted by atomic mass is 10.1. The second-order valence-electron chi connectivity index (χ2n) is 7.61. The number of likely N-dealkylation sites (tertiary alicyclic amines) is 1. The lowest BCUT2D eigenvalue weighted by Gasteiger charge is -2.24. The van der Waals surface area contributed by atoms with Gasteiger partial charge in [0.15, 0.2) is 6.29 Å². The highest BCUT2D eigenvalue weighted by Crippen LogP contribution is 2.24. The van der Waals surface area contributed by atoms with Crippen LogP contribution in [0.5, 0.6) is 0 Å². The number of benzene rings is 1. The van der Waals surface area contributed by atoms with Gasteiger partial charge >= 0.3 is 6.09 Å². The van der Waals surface area contributed by atoms with Crippen molar-refractivity contribution in [1.29, 1.82) is 0 Å². The molecule has 2 fully saturated rings. The summed E-state index contributed by atoms with van der Waals surface area (Å²) in [6.45, 7) is 9.14. The molecular weight excluding hydrogens is 320 g/mol. The molecule has 0 saturated carbocycles. The molecular formula is C19H28N2O4. The molecule has 6 heteroatoms. The first kappa shape index (κ1) is 18.2. The quantitative estimate of drug-likeness (QED) is 0.907. The Bertz CT molecular complexity index is 593. The van der Waals surface area contributed by atoms with Crippen molar-refractivity contribution in [3.63, 3.8) is 0 Å². The monoisotopic (exact) mass is 348 g/mol. The standard InChI is InChI=1S/C19H28N2O4/c1-19(2,3)25-18(22)21-8-7-16(13-21)20-12-14-5-4-6-15(11-14)17-23-9-10-24-17/h4-6,11,16-17,20H,7-10,12-13H2,1-3H3. The second-order valence-corrected chi connectivity index (χ2v) is 7.61. The summed E-state index contributed by atoms with van der Waals surface area (Å²) in [6.07, 6.45) is 0.469. The molecule has 2 aliphatic heterocycles. The number of carbonyl (C=O) groups excluding carboxylic acids is 1. The third-order valence-corrected chi connectivity index (χ3v) is 4.28. The second kappa shape index (κ2) is 7.72. The number of nitrogens with zero attached hydrogens (tertiary/aromatic N) is 1. The topological polar surface area (TPSA) is 60.0 Å². The summed E-state index contributed by atoms with van der Waals surface area (Å²) >= 11 is 0. The SMILES string of the molecule is CC(C)(C)OC(=O)N1CCC(NCc2cccc(C3OCCO3)c2)C1. The van der Waals surface area contributed by atoms with Crippen LogP contribution in [0.25, 0.3) is 0 Å². The molecule has 1 N–H and O–H groups in total. The van der Waals surface area contributed by atoms with E-state index in [1.54, 1.807) is 4.90 Å². The largest absolute Gasteiger partial charge is 0.444 e. The van der Waals surface area contributed by atoms with Crippen LogP contribution in [-0.4, -0.2) is 48.9 Å². The van der Waals surface area contributed by atoms with Crippen molar-refractivity contribution in [3.05, 3.63) is 35.4 Å². The number of rotatable bonds is 4. The van der Waals surface area contributed by atoms with E-state index in [4.69, 9.17) is 14.2 Å². The molecule has 0 aliphatic carbocycles. The maximum Gasteiger partial charge on any atom is 0.410 e. The van der Waals surface area contributed by atoms with Gasteiger partial charge in [-0.2, -0.15) is 0 Å². The first-order chi connectivity index (χ1) is 11.9. The van der Waals surface area contributed by atoms with E-state index in [1.807, 2.05) is 32.9 Å². The number of hydrogen-bond acceptors (Lipinski definition) is 5. The van der Waals surface area contributed by atoms with Crippen LogP contribution in [-0.2, 0) is 20.8 Å². The van der Waals surface area contributed by atoms with Gasteiger partial charge in [0, 0.05) is 31.2 Å². The van der Waals surface area contributed by atoms with Crippen molar-refractivity contribution in [2.75, 3.05) is 26.3 Å². The number of hydrogen-bond donors (Lipinski definition) is 1. The number of carbonyl (C=O) groups is 1. The highest BCUT2D eigenvalue weighted by Gasteiger charge is 2.29. The highest BCUT2D eigenvalue weighted by molar-refractivity contribution is 5.68. The predicted octanol–water partition coefficient (Wildman–Crippen LogP) is 2.83. The van der Waals surface area contributed by atoms with Crippen LogP contribution in [0.4, 0.5) is 4.79 Å². The van der Waals surface area contributed by atoms with Crippen molar-refractivity contribution >= 4 is 6.09 Å². The molecule has 0 bridgehead atoms. The molecule has 6 nitrogen and oxygen atoms in total. The van der Waals surface area contributed by atoms with Crippen LogP contribution in [0.15, 0.2) is 24.3 Å². The van der Waals surface area contributed by atoms with Crippen molar-refractivity contribution in [1.82, 2.24) is 10.2 Å². The predicted molar refractivity (Wildman–Crippen MR) is 94.1 cm³/mol. The normalized spacial score (nSPS) is 21.7. The molecule has 1 amide bonds. The van der Waals surface area contributed by atoms with Gasteiger partial charge in [-0.25, -0.2) is 4.79 Å². The molecule has 1 aromatic rings. The zero-order chi connectivity index (χ0) is 17.9. The molecule has 0 aromatic heterocycles. The van der Waals surface area contributed by atoms with Gasteiger partial charge in [-0.1, -0.05) is 18.2 Å². The fourth-order valence-corrected chi connectivity index (χ4v) is 3.08. The fourth-order valence-electron chi connectivity index (χ4n) is 3.08. The zero-order valence-electron chi connectivity index (χ0n) is 15.3. The summed E-state index contributed by atoms with van der Waals surface area (Å²) < 4.78 is 16.5. The van der Waals surface area contributed by atoms with Gasteiger partial charge in [0.2, 0.25) is 0 Å². The Hall–Kier alpha value is -1.63. The lowest BCUT2D eigenvalue weighted by Crippen LogP contribution is -2.38. The first-order valence-electron chi connectivity index (χ1n) is 8.94. The summed E-state index contributed by atoms with van der Waals surface area (Å²) in [4.78, 5) is 13.9. The molecule has 0 radical (unpaired) electrons. The van der Waals surface area contributed by atoms with Crippen molar-refractivity contribution in [3.8, 4) is 0 Å². The molecule has 0 spiro atoms. The zero-order valence-corrected chi connectivity index (χ0v) is 15.3. The van der Waals surface area contributed by atoms with E-state index in [0.717, 1.165) is 25.1 Å². The Balaban J connectivity index is 1.48. The van der Waals surface area contributed by atoms with Gasteiger partial charge in [-0.05, 0) is 38.8 Å². The Labute approximate surface area is 149 Å². The summed E-state index contributed by atoms with van der Waals surface area (Å²) in [6, 6.07) is 8.55. The van der Waals surface area contributed by atoms with E-state index in [-0.39, 0.29) is 18.4 Å². The maximum atomic E-state index is 12.1. The minimum atomic E-state index is -0.451. The molecule has 25 heavy (non-hydrogen) atoms. The molecule has 1 aromatic carbocycles. The summed E-state index contributed by atoms with van der Waals surface area (Å²) in [5.41, 5.74) is 1.79. The van der Waals surface area contributed by atoms with Crippen LogP contribution in [0.2, 0.25) is 0 Å². The van der Waals surface area contributed by atoms with Crippen molar-refractivity contribution in [2.45, 2.75) is 51.7 Å². The van der Waals surface area contributed by atoms with Gasteiger partial charge in [-0.3, -0.25) is 0 Å². The Morgan fingerprint density at radius 1 is 1.32 bits per heavy atom. The molecule has 3 rings (SSSR count). The minimum absolute atomic E-state index is 0.227. The summed E-state index contributed by atoms with van der Waals surface area (Å²) in [5.74, 6) is 0. The maximum absolute atomic E-state index is 12.1. The van der Waals surface area contributed by atoms with Crippen LogP contribution in [0.1, 0.15) is 44.6 Å². The Morgan fingerprint density at radius 3 is 2.80 bits per heavy atom. The van der Waals surface area contributed by atoms with Crippen molar-refractivity contribution in [2.24, 2.45) is 0 Å². The number of nitrogens with one attached hydrogen (secondary N) is 1. The molecule has 2 aliphatic rings. The van der Waals surface area contributed by atoms with Crippen LogP contribution < -0.4 is 5.32 Å². The van der Waals surface area contributed by atoms with Crippen LogP contribution in [0, 0.1) is 0 Å². The molecule has 1 atom stereocenters. The average Bonchev–Trinajstić information content (AvgIpc) is 3.23. The molecule has 2 heterocycles. The van der Waals surface area contributed by atoms with E-state index in [2.05, 4.69) is 17.4 Å². The minimum Gasteiger partial charge on any atom is -0.444 e. The highest BCUT2D eigenvalue weighted by atomic mass is 16.7. The molecule has 2 saturated heterocycles. The van der Waals surface area contributed by atoms with E-state index < -0.39 is 5.60 Å². The molecule has 1 unspecified atom stereocenters. The van der Waals surface area contributed by atoms with Crippen LogP contribution in [0.3, 0.4) is 0 Å². The van der Waals surface area contributed by atoms with Crippen molar-refractivity contribution < 1.29 is 19.0 Å². The Kier molecular flexibility index (Phi) is 5.61. The van der Waals surface area contributed by atoms with Gasteiger partial charge in [0.05, 0.1) is 13.2 Å². The van der Waals surface area contributed by atoms with E-state index in [1.165, 1.54) is 5.56 Å². The van der Waals surface area contributed by atoms with Gasteiger partial charge in [-0.15, -0.1) is 0 Å². The van der Waals surface area contributed by atoms with E-state index in [0.29, 0.717) is 19.8 Å². The third kappa shape index (κ3) is 5.17. The Morgan fingerprint density at radius 2 is 2.08 bits per heavy atom. The van der Waals surface area contributed by atoms with E-state index >= 15 is 0 Å². The average molecular weight is 348 g/mol.